The molecular formula is C14H29N3O. The first-order valence-corrected chi connectivity index (χ1v) is 7.27. The third kappa shape index (κ3) is 3.95. The van der Waals surface area contributed by atoms with Crippen LogP contribution < -0.4 is 5.73 Å². The second-order valence-electron chi connectivity index (χ2n) is 5.68. The molecule has 0 aromatic carbocycles. The summed E-state index contributed by atoms with van der Waals surface area (Å²) in [6.07, 6.45) is 1.87. The van der Waals surface area contributed by atoms with Gasteiger partial charge >= 0.3 is 0 Å². The highest BCUT2D eigenvalue weighted by Crippen LogP contribution is 2.17. The first-order chi connectivity index (χ1) is 8.49. The first kappa shape index (κ1) is 15.4. The summed E-state index contributed by atoms with van der Waals surface area (Å²) < 4.78 is 0. The van der Waals surface area contributed by atoms with E-state index in [0.29, 0.717) is 12.0 Å². The summed E-state index contributed by atoms with van der Waals surface area (Å²) in [5.41, 5.74) is 5.98. The van der Waals surface area contributed by atoms with E-state index < -0.39 is 0 Å². The summed E-state index contributed by atoms with van der Waals surface area (Å²) in [6, 6.07) is 0.204. The molecule has 2 atom stereocenters. The first-order valence-electron chi connectivity index (χ1n) is 7.27. The van der Waals surface area contributed by atoms with E-state index in [2.05, 4.69) is 32.6 Å². The van der Waals surface area contributed by atoms with Crippen LogP contribution in [0.25, 0.3) is 0 Å². The zero-order chi connectivity index (χ0) is 13.7. The molecule has 2 unspecified atom stereocenters. The zero-order valence-electron chi connectivity index (χ0n) is 12.4. The number of hydrogen-bond donors (Lipinski definition) is 1. The summed E-state index contributed by atoms with van der Waals surface area (Å²) in [5.74, 6) is 0.614. The fourth-order valence-electron chi connectivity index (χ4n) is 2.82. The van der Waals surface area contributed by atoms with Crippen LogP contribution >= 0.6 is 0 Å². The van der Waals surface area contributed by atoms with E-state index in [1.54, 1.807) is 0 Å². The number of rotatable bonds is 6. The summed E-state index contributed by atoms with van der Waals surface area (Å²) in [5, 5.41) is 0. The molecule has 1 rings (SSSR count). The highest BCUT2D eigenvalue weighted by molar-refractivity contribution is 5.81. The number of likely N-dealkylation sites (tertiary alicyclic amines) is 1. The van der Waals surface area contributed by atoms with Crippen LogP contribution in [0.5, 0.6) is 0 Å². The molecule has 1 amide bonds. The Morgan fingerprint density at radius 3 is 2.50 bits per heavy atom. The highest BCUT2D eigenvalue weighted by Gasteiger charge is 2.31. The SMILES string of the molecule is CCN(CC)C1CCN(C(=O)C(N)CC(C)C)C1. The maximum Gasteiger partial charge on any atom is 0.239 e. The summed E-state index contributed by atoms with van der Waals surface area (Å²) in [7, 11) is 0. The van der Waals surface area contributed by atoms with Crippen LogP contribution in [0.4, 0.5) is 0 Å². The van der Waals surface area contributed by atoms with E-state index in [9.17, 15) is 4.79 Å². The fraction of sp³-hybridized carbons (Fsp3) is 0.929. The van der Waals surface area contributed by atoms with Gasteiger partial charge in [0.25, 0.3) is 0 Å². The van der Waals surface area contributed by atoms with Crippen molar-refractivity contribution in [3.63, 3.8) is 0 Å². The molecule has 0 radical (unpaired) electrons. The van der Waals surface area contributed by atoms with Crippen molar-refractivity contribution in [3.8, 4) is 0 Å². The Bertz CT molecular complexity index is 264. The standard InChI is InChI=1S/C14H29N3O/c1-5-16(6-2)12-7-8-17(10-12)14(18)13(15)9-11(3)4/h11-13H,5-10,15H2,1-4H3. The fourth-order valence-corrected chi connectivity index (χ4v) is 2.82. The second-order valence-corrected chi connectivity index (χ2v) is 5.68. The Hall–Kier alpha value is -0.610. The van der Waals surface area contributed by atoms with Crippen LogP contribution in [0.15, 0.2) is 0 Å². The average molecular weight is 255 g/mol. The molecule has 2 N–H and O–H groups in total. The molecule has 1 heterocycles. The summed E-state index contributed by atoms with van der Waals surface area (Å²) >= 11 is 0. The molecule has 0 aromatic rings. The van der Waals surface area contributed by atoms with Gasteiger partial charge in [0.05, 0.1) is 6.04 Å². The molecule has 1 saturated heterocycles. The van der Waals surface area contributed by atoms with E-state index in [4.69, 9.17) is 5.73 Å². The molecule has 18 heavy (non-hydrogen) atoms. The van der Waals surface area contributed by atoms with Crippen LogP contribution in [-0.4, -0.2) is 54.0 Å². The molecule has 0 aromatic heterocycles. The lowest BCUT2D eigenvalue weighted by molar-refractivity contribution is -0.132. The number of carbonyl (C=O) groups is 1. The van der Waals surface area contributed by atoms with Gasteiger partial charge in [-0.25, -0.2) is 0 Å². The van der Waals surface area contributed by atoms with Gasteiger partial charge in [0.2, 0.25) is 5.91 Å². The molecule has 0 spiro atoms. The number of nitrogens with two attached hydrogens (primary N) is 1. The van der Waals surface area contributed by atoms with Gasteiger partial charge in [-0.3, -0.25) is 9.69 Å². The van der Waals surface area contributed by atoms with Crippen LogP contribution in [0, 0.1) is 5.92 Å². The third-order valence-corrected chi connectivity index (χ3v) is 3.85. The zero-order valence-corrected chi connectivity index (χ0v) is 12.4. The van der Waals surface area contributed by atoms with Gasteiger partial charge in [-0.1, -0.05) is 27.7 Å². The van der Waals surface area contributed by atoms with Crippen molar-refractivity contribution in [2.24, 2.45) is 11.7 Å². The monoisotopic (exact) mass is 255 g/mol. The van der Waals surface area contributed by atoms with Crippen molar-refractivity contribution in [1.29, 1.82) is 0 Å². The van der Waals surface area contributed by atoms with Crippen molar-refractivity contribution in [2.45, 2.75) is 52.6 Å². The van der Waals surface area contributed by atoms with Gasteiger partial charge in [-0.05, 0) is 31.8 Å². The molecule has 0 saturated carbocycles. The van der Waals surface area contributed by atoms with Crippen molar-refractivity contribution in [2.75, 3.05) is 26.2 Å². The van der Waals surface area contributed by atoms with Crippen molar-refractivity contribution >= 4 is 5.91 Å². The Balaban J connectivity index is 2.48. The highest BCUT2D eigenvalue weighted by atomic mass is 16.2. The smallest absolute Gasteiger partial charge is 0.239 e. The van der Waals surface area contributed by atoms with Crippen molar-refractivity contribution in [1.82, 2.24) is 9.80 Å². The lowest BCUT2D eigenvalue weighted by atomic mass is 10.0. The predicted octanol–water partition coefficient (Wildman–Crippen LogP) is 1.30. The van der Waals surface area contributed by atoms with Crippen molar-refractivity contribution in [3.05, 3.63) is 0 Å². The second kappa shape index (κ2) is 7.10. The maximum atomic E-state index is 12.2. The maximum absolute atomic E-state index is 12.2. The Morgan fingerprint density at radius 1 is 1.39 bits per heavy atom. The number of hydrogen-bond acceptors (Lipinski definition) is 3. The summed E-state index contributed by atoms with van der Waals surface area (Å²) in [4.78, 5) is 16.6. The van der Waals surface area contributed by atoms with Gasteiger partial charge in [-0.2, -0.15) is 0 Å². The lowest BCUT2D eigenvalue weighted by Gasteiger charge is -2.27. The quantitative estimate of drug-likeness (QED) is 0.778. The van der Waals surface area contributed by atoms with E-state index >= 15 is 0 Å². The summed E-state index contributed by atoms with van der Waals surface area (Å²) in [6.45, 7) is 12.4. The normalized spacial score (nSPS) is 21.9. The molecule has 1 fully saturated rings. The Kier molecular flexibility index (Phi) is 6.09. The molecule has 0 aliphatic carbocycles. The van der Waals surface area contributed by atoms with Crippen molar-refractivity contribution < 1.29 is 4.79 Å². The number of amides is 1. The molecular weight excluding hydrogens is 226 g/mol. The van der Waals surface area contributed by atoms with Gasteiger partial charge in [0.15, 0.2) is 0 Å². The minimum atomic E-state index is -0.319. The van der Waals surface area contributed by atoms with E-state index in [1.165, 1.54) is 0 Å². The minimum Gasteiger partial charge on any atom is -0.340 e. The van der Waals surface area contributed by atoms with Gasteiger partial charge in [0, 0.05) is 19.1 Å². The number of likely N-dealkylation sites (N-methyl/N-ethyl adjacent to an activating group) is 1. The van der Waals surface area contributed by atoms with E-state index in [0.717, 1.165) is 39.0 Å². The van der Waals surface area contributed by atoms with Crippen LogP contribution in [-0.2, 0) is 4.79 Å². The molecule has 1 aliphatic heterocycles. The number of carbonyl (C=O) groups excluding carboxylic acids is 1. The van der Waals surface area contributed by atoms with Crippen LogP contribution in [0.1, 0.15) is 40.5 Å². The molecule has 4 heteroatoms. The molecule has 106 valence electrons. The molecule has 1 aliphatic rings. The minimum absolute atomic E-state index is 0.137. The topological polar surface area (TPSA) is 49.6 Å². The molecule has 0 bridgehead atoms. The largest absolute Gasteiger partial charge is 0.340 e. The third-order valence-electron chi connectivity index (χ3n) is 3.85. The lowest BCUT2D eigenvalue weighted by Crippen LogP contribution is -2.45. The van der Waals surface area contributed by atoms with Gasteiger partial charge in [0.1, 0.15) is 0 Å². The number of nitrogens with zero attached hydrogens (tertiary/aromatic N) is 2. The van der Waals surface area contributed by atoms with E-state index in [1.807, 2.05) is 4.90 Å². The van der Waals surface area contributed by atoms with Crippen LogP contribution in [0.2, 0.25) is 0 Å². The Morgan fingerprint density at radius 2 is 2.00 bits per heavy atom. The Labute approximate surface area is 111 Å². The van der Waals surface area contributed by atoms with Gasteiger partial charge in [-0.15, -0.1) is 0 Å². The predicted molar refractivity (Wildman–Crippen MR) is 75.3 cm³/mol. The average Bonchev–Trinajstić information content (AvgIpc) is 2.78. The molecule has 4 nitrogen and oxygen atoms in total. The van der Waals surface area contributed by atoms with Crippen LogP contribution in [0.3, 0.4) is 0 Å². The van der Waals surface area contributed by atoms with E-state index in [-0.39, 0.29) is 11.9 Å². The van der Waals surface area contributed by atoms with Gasteiger partial charge < -0.3 is 10.6 Å².